The number of ether oxygens (including phenoxy) is 2. The number of benzene rings is 1. The fraction of sp³-hybridized carbons (Fsp3) is 0.522. The summed E-state index contributed by atoms with van der Waals surface area (Å²) in [6.07, 6.45) is 5.56. The average molecular weight is 917 g/mol. The van der Waals surface area contributed by atoms with Crippen LogP contribution in [0, 0.1) is 59.3 Å². The summed E-state index contributed by atoms with van der Waals surface area (Å²) in [6.45, 7) is 22.1. The molecule has 3 aromatic heterocycles. The van der Waals surface area contributed by atoms with Gasteiger partial charge in [0.2, 0.25) is 5.75 Å². The lowest BCUT2D eigenvalue weighted by molar-refractivity contribution is -0.394. The van der Waals surface area contributed by atoms with Crippen molar-refractivity contribution in [1.29, 1.82) is 5.26 Å². The molecule has 1 aromatic carbocycles. The zero-order valence-corrected chi connectivity index (χ0v) is 39.9. The predicted octanol–water partition coefficient (Wildman–Crippen LogP) is 9.56. The highest BCUT2D eigenvalue weighted by Crippen LogP contribution is 2.33. The van der Waals surface area contributed by atoms with Crippen molar-refractivity contribution < 1.29 is 39.0 Å². The Morgan fingerprint density at radius 3 is 1.98 bits per heavy atom. The van der Waals surface area contributed by atoms with Crippen molar-refractivity contribution in [2.75, 3.05) is 13.1 Å². The quantitative estimate of drug-likeness (QED) is 0.0756. The minimum atomic E-state index is -0.810. The second kappa shape index (κ2) is 23.9. The highest BCUT2D eigenvalue weighted by Gasteiger charge is 2.35. The summed E-state index contributed by atoms with van der Waals surface area (Å²) >= 11 is 0. The van der Waals surface area contributed by atoms with Gasteiger partial charge in [-0.1, -0.05) is 5.16 Å². The number of non-ortho nitro benzene ring substituents is 1. The number of carbonyl (C=O) groups excluding carboxylic acids is 2. The highest BCUT2D eigenvalue weighted by atomic mass is 16.6. The standard InChI is InChI=1S/C19H29N3O3.C19H27N3O2.C6H5N3O5.C2H3N/c1-13-10-14(2)20-15(11-13)12-16(21-24)17-8-6-7-9-22(17)18(23)25-19(3,4)5;1-13-10-14(2)22-15(11-13)12-16(20-22)17-8-6-7-9-21(17)18(23)24-19(3,4)5;7-14-6-2-1-4(8(10)11)3-5(6)9(12)13;1-2-3/h10-11,17,24H,6-9,12H2,1-5H3;10-12,17H,6-9H2,1-5H3;1-3H,7H2;1H3/t2*17-;;/m00../s1. The van der Waals surface area contributed by atoms with Crippen LogP contribution in [0.1, 0.15) is 127 Å². The van der Waals surface area contributed by atoms with E-state index in [9.17, 15) is 35.0 Å². The molecule has 2 atom stereocenters. The molecular weight excluding hydrogens is 853 g/mol. The van der Waals surface area contributed by atoms with Crippen LogP contribution in [-0.4, -0.2) is 87.7 Å². The van der Waals surface area contributed by atoms with Crippen LogP contribution in [0.2, 0.25) is 0 Å². The molecule has 358 valence electrons. The number of rotatable bonds is 7. The summed E-state index contributed by atoms with van der Waals surface area (Å²) in [5.74, 6) is 4.52. The van der Waals surface area contributed by atoms with Gasteiger partial charge >= 0.3 is 17.9 Å². The molecule has 0 bridgehead atoms. The number of pyridine rings is 2. The van der Waals surface area contributed by atoms with Crippen molar-refractivity contribution in [3.05, 3.63) is 103 Å². The number of nitriles is 1. The molecule has 3 N–H and O–H groups in total. The lowest BCUT2D eigenvalue weighted by Crippen LogP contribution is -2.50. The molecule has 5 heterocycles. The Labute approximate surface area is 385 Å². The third-order valence-electron chi connectivity index (χ3n) is 10.0. The molecule has 66 heavy (non-hydrogen) atoms. The highest BCUT2D eigenvalue weighted by molar-refractivity contribution is 5.93. The molecule has 0 unspecified atom stereocenters. The fourth-order valence-corrected chi connectivity index (χ4v) is 7.51. The minimum absolute atomic E-state index is 0.00629. The minimum Gasteiger partial charge on any atom is -0.444 e. The number of carbonyl (C=O) groups is 2. The maximum Gasteiger partial charge on any atom is 0.410 e. The van der Waals surface area contributed by atoms with Crippen LogP contribution in [0.3, 0.4) is 0 Å². The van der Waals surface area contributed by atoms with Crippen molar-refractivity contribution in [2.45, 2.75) is 144 Å². The first kappa shape index (κ1) is 53.5. The van der Waals surface area contributed by atoms with Crippen LogP contribution < -0.4 is 10.7 Å². The molecular formula is C46H64N10O10. The monoisotopic (exact) mass is 916 g/mol. The lowest BCUT2D eigenvalue weighted by atomic mass is 9.95. The second-order valence-electron chi connectivity index (χ2n) is 18.0. The van der Waals surface area contributed by atoms with E-state index < -0.39 is 32.4 Å². The van der Waals surface area contributed by atoms with Gasteiger partial charge in [-0.15, -0.1) is 0 Å². The number of nitro groups is 2. The van der Waals surface area contributed by atoms with Gasteiger partial charge in [0.1, 0.15) is 11.2 Å². The SMILES string of the molecule is CC#N.Cc1cc(C)n2nc([C@@H]3CCCCN3C(=O)OC(C)(C)C)cc2c1.Cc1cc(C)nc(CC(=NO)[C@@H]2CCCCN2C(=O)OC(C)(C)C)c1.NOc1ccc([N+](=O)[O-])cc1[N+](=O)[O-]. The summed E-state index contributed by atoms with van der Waals surface area (Å²) in [7, 11) is 0. The summed E-state index contributed by atoms with van der Waals surface area (Å²) in [4.78, 5) is 56.5. The van der Waals surface area contributed by atoms with Crippen molar-refractivity contribution in [3.8, 4) is 11.8 Å². The number of amides is 2. The number of hydrogen-bond donors (Lipinski definition) is 2. The van der Waals surface area contributed by atoms with Crippen LogP contribution in [0.4, 0.5) is 21.0 Å². The Morgan fingerprint density at radius 2 is 1.44 bits per heavy atom. The number of nitrogens with two attached hydrogens (primary N) is 1. The van der Waals surface area contributed by atoms with Crippen molar-refractivity contribution in [3.63, 3.8) is 0 Å². The Balaban J connectivity index is 0.000000264. The molecule has 20 nitrogen and oxygen atoms in total. The maximum absolute atomic E-state index is 12.6. The van der Waals surface area contributed by atoms with Gasteiger partial charge in [-0.2, -0.15) is 16.3 Å². The van der Waals surface area contributed by atoms with Crippen molar-refractivity contribution >= 4 is 34.8 Å². The predicted molar refractivity (Wildman–Crippen MR) is 247 cm³/mol. The van der Waals surface area contributed by atoms with E-state index in [4.69, 9.17) is 25.7 Å². The van der Waals surface area contributed by atoms with Gasteiger partial charge in [-0.3, -0.25) is 35.0 Å². The number of nitrogens with zero attached hydrogens (tertiary/aromatic N) is 9. The summed E-state index contributed by atoms with van der Waals surface area (Å²) < 4.78 is 13.1. The topological polar surface area (TPSA) is 267 Å². The normalized spacial score (nSPS) is 16.2. The first-order chi connectivity index (χ1) is 30.9. The molecule has 2 saturated heterocycles. The Morgan fingerprint density at radius 1 is 0.864 bits per heavy atom. The molecule has 2 aliphatic rings. The van der Waals surface area contributed by atoms with Crippen molar-refractivity contribution in [2.24, 2.45) is 11.1 Å². The number of piperidine rings is 2. The third-order valence-corrected chi connectivity index (χ3v) is 10.0. The zero-order chi connectivity index (χ0) is 49.5. The molecule has 0 aliphatic carbocycles. The number of hydrogen-bond acceptors (Lipinski definition) is 15. The molecule has 6 rings (SSSR count). The largest absolute Gasteiger partial charge is 0.444 e. The number of likely N-dealkylation sites (tertiary alicyclic amines) is 2. The van der Waals surface area contributed by atoms with Gasteiger partial charge in [-0.25, -0.2) is 14.1 Å². The molecule has 0 saturated carbocycles. The van der Waals surface area contributed by atoms with E-state index in [1.807, 2.05) is 76.9 Å². The first-order valence-electron chi connectivity index (χ1n) is 21.6. The van der Waals surface area contributed by atoms with E-state index in [1.165, 1.54) is 12.5 Å². The summed E-state index contributed by atoms with van der Waals surface area (Å²) in [5, 5.41) is 45.9. The summed E-state index contributed by atoms with van der Waals surface area (Å²) in [5.41, 5.74) is 5.85. The molecule has 0 radical (unpaired) electrons. The van der Waals surface area contributed by atoms with E-state index in [1.54, 1.807) is 11.0 Å². The fourth-order valence-electron chi connectivity index (χ4n) is 7.51. The molecule has 4 aromatic rings. The number of aromatic nitrogens is 3. The van der Waals surface area contributed by atoms with Crippen LogP contribution in [0.15, 0.2) is 53.7 Å². The zero-order valence-electron chi connectivity index (χ0n) is 39.9. The van der Waals surface area contributed by atoms with E-state index in [-0.39, 0.29) is 30.0 Å². The van der Waals surface area contributed by atoms with Gasteiger partial charge in [0.25, 0.3) is 5.69 Å². The Bertz CT molecular complexity index is 2380. The smallest absolute Gasteiger partial charge is 0.410 e. The van der Waals surface area contributed by atoms with Crippen LogP contribution in [0.5, 0.6) is 5.75 Å². The Hall–Kier alpha value is -6.88. The lowest BCUT2D eigenvalue weighted by Gasteiger charge is -2.37. The van der Waals surface area contributed by atoms with Crippen LogP contribution >= 0.6 is 0 Å². The number of nitro benzene ring substituents is 2. The Kier molecular flexibility index (Phi) is 19.3. The molecule has 2 fully saturated rings. The number of aryl methyl sites for hydroxylation is 4. The molecule has 20 heteroatoms. The first-order valence-corrected chi connectivity index (χ1v) is 21.6. The average Bonchev–Trinajstić information content (AvgIpc) is 3.66. The van der Waals surface area contributed by atoms with Gasteiger partial charge in [0.05, 0.1) is 51.0 Å². The van der Waals surface area contributed by atoms with Gasteiger partial charge in [-0.05, 0) is 155 Å². The van der Waals surface area contributed by atoms with Gasteiger partial charge in [0.15, 0.2) is 0 Å². The number of fused-ring (bicyclic) bond motifs is 1. The number of oxime groups is 1. The van der Waals surface area contributed by atoms with Gasteiger partial charge < -0.3 is 19.5 Å². The van der Waals surface area contributed by atoms with E-state index in [0.29, 0.717) is 18.7 Å². The molecule has 0 spiro atoms. The van der Waals surface area contributed by atoms with Crippen LogP contribution in [0.25, 0.3) is 5.52 Å². The van der Waals surface area contributed by atoms with E-state index >= 15 is 0 Å². The van der Waals surface area contributed by atoms with E-state index in [2.05, 4.69) is 47.0 Å². The van der Waals surface area contributed by atoms with Crippen LogP contribution in [-0.2, 0) is 15.9 Å². The third kappa shape index (κ3) is 16.0. The maximum atomic E-state index is 12.6. The second-order valence-corrected chi connectivity index (χ2v) is 18.0. The molecule has 2 amide bonds. The van der Waals surface area contributed by atoms with Crippen molar-refractivity contribution in [1.82, 2.24) is 24.4 Å². The molecule has 2 aliphatic heterocycles. The summed E-state index contributed by atoms with van der Waals surface area (Å²) in [6, 6.07) is 14.7. The van der Waals surface area contributed by atoms with Gasteiger partial charge in [0, 0.05) is 49.6 Å². The van der Waals surface area contributed by atoms with E-state index in [0.717, 1.165) is 97.1 Å².